The molecule has 0 aromatic carbocycles. The summed E-state index contributed by atoms with van der Waals surface area (Å²) in [6, 6.07) is 0. The third-order valence-corrected chi connectivity index (χ3v) is 4.87. The molecule has 0 saturated heterocycles. The van der Waals surface area contributed by atoms with Crippen LogP contribution in [0.4, 0.5) is 4.79 Å². The summed E-state index contributed by atoms with van der Waals surface area (Å²) >= 11 is 0. The van der Waals surface area contributed by atoms with Crippen LogP contribution in [0.25, 0.3) is 0 Å². The van der Waals surface area contributed by atoms with Crippen molar-refractivity contribution < 1.29 is 14.6 Å². The number of hydrogen-bond acceptors (Lipinski definition) is 3. The molecule has 2 atom stereocenters. The molecule has 0 heterocycles. The SMILES string of the molecule is NCC12CC3CC(C1)CC(OC(=O)O)(C3)C2. The van der Waals surface area contributed by atoms with Crippen molar-refractivity contribution in [3.05, 3.63) is 0 Å². The summed E-state index contributed by atoms with van der Waals surface area (Å²) in [6.45, 7) is 0.685. The average Bonchev–Trinajstić information content (AvgIpc) is 2.13. The van der Waals surface area contributed by atoms with Crippen LogP contribution in [-0.2, 0) is 4.74 Å². The molecule has 0 aromatic rings. The first-order valence-corrected chi connectivity index (χ1v) is 6.17. The van der Waals surface area contributed by atoms with Gasteiger partial charge in [-0.1, -0.05) is 0 Å². The fourth-order valence-corrected chi connectivity index (χ4v) is 4.91. The summed E-state index contributed by atoms with van der Waals surface area (Å²) in [5.74, 6) is 1.29. The van der Waals surface area contributed by atoms with E-state index in [-0.39, 0.29) is 5.41 Å². The molecule has 4 saturated carbocycles. The van der Waals surface area contributed by atoms with Gasteiger partial charge in [-0.25, -0.2) is 4.79 Å². The zero-order valence-electron chi connectivity index (χ0n) is 9.45. The second-order valence-corrected chi connectivity index (χ2v) is 6.22. The molecule has 4 nitrogen and oxygen atoms in total. The van der Waals surface area contributed by atoms with Gasteiger partial charge in [-0.15, -0.1) is 0 Å². The van der Waals surface area contributed by atoms with Crippen molar-refractivity contribution in [2.45, 2.75) is 44.1 Å². The van der Waals surface area contributed by atoms with Crippen molar-refractivity contribution in [2.75, 3.05) is 6.54 Å². The van der Waals surface area contributed by atoms with E-state index in [2.05, 4.69) is 0 Å². The van der Waals surface area contributed by atoms with Gasteiger partial charge in [0.2, 0.25) is 0 Å². The highest BCUT2D eigenvalue weighted by atomic mass is 16.7. The number of hydrogen-bond donors (Lipinski definition) is 2. The first-order chi connectivity index (χ1) is 7.55. The minimum Gasteiger partial charge on any atom is -0.450 e. The Hall–Kier alpha value is -0.770. The normalized spacial score (nSPS) is 49.3. The Bertz CT molecular complexity index is 314. The van der Waals surface area contributed by atoms with Gasteiger partial charge in [-0.2, -0.15) is 0 Å². The standard InChI is InChI=1S/C12H19NO3/c13-7-11-2-8-1-9(3-11)5-12(4-8,6-11)16-10(14)15/h8-9H,1-7,13H2,(H,14,15). The quantitative estimate of drug-likeness (QED) is 0.705. The van der Waals surface area contributed by atoms with Crippen molar-refractivity contribution >= 4 is 6.16 Å². The highest BCUT2D eigenvalue weighted by Crippen LogP contribution is 2.62. The summed E-state index contributed by atoms with van der Waals surface area (Å²) in [6.07, 6.45) is 5.22. The molecule has 4 heteroatoms. The third kappa shape index (κ3) is 1.43. The van der Waals surface area contributed by atoms with Crippen molar-refractivity contribution in [1.82, 2.24) is 0 Å². The fourth-order valence-electron chi connectivity index (χ4n) is 4.91. The predicted octanol–water partition coefficient (Wildman–Crippen LogP) is 1.98. The van der Waals surface area contributed by atoms with Gasteiger partial charge >= 0.3 is 6.16 Å². The zero-order valence-corrected chi connectivity index (χ0v) is 9.45. The summed E-state index contributed by atoms with van der Waals surface area (Å²) in [4.78, 5) is 10.8. The summed E-state index contributed by atoms with van der Waals surface area (Å²) in [5, 5.41) is 8.88. The Morgan fingerprint density at radius 2 is 1.94 bits per heavy atom. The molecule has 3 N–H and O–H groups in total. The molecule has 4 fully saturated rings. The molecule has 4 rings (SSSR count). The number of ether oxygens (including phenoxy) is 1. The Kier molecular flexibility index (Phi) is 2.03. The number of nitrogens with two attached hydrogens (primary N) is 1. The predicted molar refractivity (Wildman–Crippen MR) is 58.0 cm³/mol. The van der Waals surface area contributed by atoms with E-state index in [9.17, 15) is 4.79 Å². The van der Waals surface area contributed by atoms with Gasteiger partial charge in [0.1, 0.15) is 5.60 Å². The third-order valence-electron chi connectivity index (χ3n) is 4.87. The Morgan fingerprint density at radius 3 is 2.44 bits per heavy atom. The average molecular weight is 225 g/mol. The van der Waals surface area contributed by atoms with Crippen molar-refractivity contribution in [3.8, 4) is 0 Å². The lowest BCUT2D eigenvalue weighted by Gasteiger charge is -2.60. The summed E-state index contributed by atoms with van der Waals surface area (Å²) in [7, 11) is 0. The molecule has 0 radical (unpaired) electrons. The van der Waals surface area contributed by atoms with Crippen molar-refractivity contribution in [3.63, 3.8) is 0 Å². The van der Waals surface area contributed by atoms with Crippen LogP contribution in [0.1, 0.15) is 38.5 Å². The molecule has 0 aliphatic heterocycles. The largest absolute Gasteiger partial charge is 0.506 e. The lowest BCUT2D eigenvalue weighted by Crippen LogP contribution is -2.59. The maximum Gasteiger partial charge on any atom is 0.506 e. The lowest BCUT2D eigenvalue weighted by atomic mass is 9.48. The highest BCUT2D eigenvalue weighted by Gasteiger charge is 2.59. The summed E-state index contributed by atoms with van der Waals surface area (Å²) in [5.41, 5.74) is 5.70. The Morgan fingerprint density at radius 1 is 1.31 bits per heavy atom. The maximum absolute atomic E-state index is 10.8. The van der Waals surface area contributed by atoms with E-state index >= 15 is 0 Å². The zero-order chi connectivity index (χ0) is 11.4. The number of carbonyl (C=O) groups is 1. The molecule has 4 aliphatic rings. The van der Waals surface area contributed by atoms with E-state index in [4.69, 9.17) is 15.6 Å². The summed E-state index contributed by atoms with van der Waals surface area (Å²) < 4.78 is 5.24. The van der Waals surface area contributed by atoms with Crippen LogP contribution in [0.5, 0.6) is 0 Å². The van der Waals surface area contributed by atoms with E-state index in [1.54, 1.807) is 0 Å². The van der Waals surface area contributed by atoms with E-state index in [0.717, 1.165) is 19.3 Å². The molecule has 2 unspecified atom stereocenters. The molecule has 0 amide bonds. The van der Waals surface area contributed by atoms with Crippen LogP contribution >= 0.6 is 0 Å². The van der Waals surface area contributed by atoms with Crippen molar-refractivity contribution in [1.29, 1.82) is 0 Å². The van der Waals surface area contributed by atoms with E-state index in [1.807, 2.05) is 0 Å². The van der Waals surface area contributed by atoms with Gasteiger partial charge in [0.05, 0.1) is 0 Å². The van der Waals surface area contributed by atoms with Crippen LogP contribution in [-0.4, -0.2) is 23.4 Å². The second-order valence-electron chi connectivity index (χ2n) is 6.22. The molecule has 4 bridgehead atoms. The van der Waals surface area contributed by atoms with E-state index < -0.39 is 11.8 Å². The number of carboxylic acid groups (broad SMARTS) is 1. The molecule has 0 spiro atoms. The van der Waals surface area contributed by atoms with Crippen LogP contribution in [0.2, 0.25) is 0 Å². The van der Waals surface area contributed by atoms with Gasteiger partial charge in [0.15, 0.2) is 0 Å². The Labute approximate surface area is 95.1 Å². The van der Waals surface area contributed by atoms with Crippen LogP contribution < -0.4 is 5.73 Å². The van der Waals surface area contributed by atoms with E-state index in [1.165, 1.54) is 19.3 Å². The van der Waals surface area contributed by atoms with E-state index in [0.29, 0.717) is 18.4 Å². The van der Waals surface area contributed by atoms with Gasteiger partial charge in [0, 0.05) is 0 Å². The first kappa shape index (κ1) is 10.4. The van der Waals surface area contributed by atoms with Gasteiger partial charge in [-0.3, -0.25) is 0 Å². The van der Waals surface area contributed by atoms with Gasteiger partial charge < -0.3 is 15.6 Å². The van der Waals surface area contributed by atoms with Gasteiger partial charge in [-0.05, 0) is 62.3 Å². The second kappa shape index (κ2) is 3.13. The molecular weight excluding hydrogens is 206 g/mol. The first-order valence-electron chi connectivity index (χ1n) is 6.17. The maximum atomic E-state index is 10.8. The minimum absolute atomic E-state index is 0.180. The molecule has 16 heavy (non-hydrogen) atoms. The molecular formula is C12H19NO3. The van der Waals surface area contributed by atoms with Crippen molar-refractivity contribution in [2.24, 2.45) is 23.0 Å². The van der Waals surface area contributed by atoms with Crippen LogP contribution in [0, 0.1) is 17.3 Å². The monoisotopic (exact) mass is 225 g/mol. The molecule has 0 aromatic heterocycles. The lowest BCUT2D eigenvalue weighted by molar-refractivity contribution is -0.168. The number of rotatable bonds is 2. The van der Waals surface area contributed by atoms with Gasteiger partial charge in [0.25, 0.3) is 0 Å². The minimum atomic E-state index is -1.12. The van der Waals surface area contributed by atoms with Crippen LogP contribution in [0.3, 0.4) is 0 Å². The molecule has 4 aliphatic carbocycles. The smallest absolute Gasteiger partial charge is 0.450 e. The topological polar surface area (TPSA) is 72.5 Å². The molecule has 90 valence electrons. The van der Waals surface area contributed by atoms with Crippen LogP contribution in [0.15, 0.2) is 0 Å². The highest BCUT2D eigenvalue weighted by molar-refractivity contribution is 5.57. The Balaban J connectivity index is 1.89. The fraction of sp³-hybridized carbons (Fsp3) is 0.917.